The second-order valence-corrected chi connectivity index (χ2v) is 8.56. The molecule has 156 valence electrons. The molecule has 0 radical (unpaired) electrons. The Bertz CT molecular complexity index is 881. The summed E-state index contributed by atoms with van der Waals surface area (Å²) in [6.07, 6.45) is 5.34. The maximum atomic E-state index is 12.1. The summed E-state index contributed by atoms with van der Waals surface area (Å²) in [5, 5.41) is 14.4. The van der Waals surface area contributed by atoms with Crippen LogP contribution in [-0.4, -0.2) is 54.4 Å². The van der Waals surface area contributed by atoms with E-state index in [0.29, 0.717) is 31.5 Å². The number of aliphatic imine (C=N–C) groups is 1. The Morgan fingerprint density at radius 3 is 2.82 bits per heavy atom. The summed E-state index contributed by atoms with van der Waals surface area (Å²) in [6, 6.07) is 5.70. The number of pyridine rings is 1. The van der Waals surface area contributed by atoms with E-state index in [-0.39, 0.29) is 36.3 Å². The fourth-order valence-corrected chi connectivity index (χ4v) is 3.81. The Balaban J connectivity index is 0.00000280. The van der Waals surface area contributed by atoms with Gasteiger partial charge < -0.3 is 10.6 Å². The zero-order valence-corrected chi connectivity index (χ0v) is 19.1. The highest BCUT2D eigenvalue weighted by molar-refractivity contribution is 14.0. The second-order valence-electron chi connectivity index (χ2n) is 6.63. The third-order valence-electron chi connectivity index (χ3n) is 4.59. The van der Waals surface area contributed by atoms with Crippen molar-refractivity contribution in [2.75, 3.05) is 25.4 Å². The van der Waals surface area contributed by atoms with Gasteiger partial charge in [-0.25, -0.2) is 18.1 Å². The topological polar surface area (TPSA) is 113 Å². The Morgan fingerprint density at radius 2 is 2.11 bits per heavy atom. The van der Waals surface area contributed by atoms with E-state index in [9.17, 15) is 8.42 Å². The molecular formula is C17H28IN7O2S. The molecule has 1 aliphatic rings. The van der Waals surface area contributed by atoms with E-state index in [1.165, 1.54) is 6.42 Å². The van der Waals surface area contributed by atoms with Crippen LogP contribution in [0, 0.1) is 5.92 Å². The van der Waals surface area contributed by atoms with Gasteiger partial charge in [-0.15, -0.1) is 34.2 Å². The number of hydrogen-bond acceptors (Lipinski definition) is 5. The van der Waals surface area contributed by atoms with Crippen LogP contribution in [0.3, 0.4) is 0 Å². The van der Waals surface area contributed by atoms with Crippen LogP contribution in [0.5, 0.6) is 0 Å². The third kappa shape index (κ3) is 6.55. The van der Waals surface area contributed by atoms with Crippen LogP contribution in [0.25, 0.3) is 5.65 Å². The van der Waals surface area contributed by atoms with Gasteiger partial charge in [0.15, 0.2) is 17.4 Å². The van der Waals surface area contributed by atoms with E-state index in [4.69, 9.17) is 0 Å². The first-order chi connectivity index (χ1) is 13.1. The minimum Gasteiger partial charge on any atom is -0.357 e. The molecule has 9 nitrogen and oxygen atoms in total. The van der Waals surface area contributed by atoms with Crippen LogP contribution >= 0.6 is 24.0 Å². The average Bonchev–Trinajstić information content (AvgIpc) is 3.01. The molecule has 3 rings (SSSR count). The van der Waals surface area contributed by atoms with Crippen molar-refractivity contribution < 1.29 is 8.42 Å². The minimum absolute atomic E-state index is 0. The number of fused-ring (bicyclic) bond motifs is 1. The summed E-state index contributed by atoms with van der Waals surface area (Å²) < 4.78 is 28.7. The Kier molecular flexibility index (Phi) is 8.89. The van der Waals surface area contributed by atoms with Gasteiger partial charge in [0.25, 0.3) is 0 Å². The van der Waals surface area contributed by atoms with Gasteiger partial charge in [0.05, 0.1) is 5.75 Å². The molecule has 28 heavy (non-hydrogen) atoms. The number of hydrogen-bond donors (Lipinski definition) is 3. The van der Waals surface area contributed by atoms with Crippen LogP contribution in [0.1, 0.15) is 32.0 Å². The van der Waals surface area contributed by atoms with E-state index in [1.807, 2.05) is 35.7 Å². The van der Waals surface area contributed by atoms with E-state index in [2.05, 4.69) is 30.5 Å². The molecule has 1 saturated carbocycles. The fraction of sp³-hybridized carbons (Fsp3) is 0.588. The molecule has 0 saturated heterocycles. The molecule has 1 aliphatic carbocycles. The van der Waals surface area contributed by atoms with E-state index < -0.39 is 10.0 Å². The quantitative estimate of drug-likeness (QED) is 0.259. The van der Waals surface area contributed by atoms with Crippen molar-refractivity contribution >= 4 is 45.6 Å². The summed E-state index contributed by atoms with van der Waals surface area (Å²) in [6.45, 7) is 3.82. The third-order valence-corrected chi connectivity index (χ3v) is 5.94. The lowest BCUT2D eigenvalue weighted by atomic mass is 9.86. The molecule has 3 N–H and O–H groups in total. The molecule has 1 fully saturated rings. The lowest BCUT2D eigenvalue weighted by molar-refractivity contribution is 0.316. The first-order valence-electron chi connectivity index (χ1n) is 9.35. The van der Waals surface area contributed by atoms with Crippen LogP contribution in [-0.2, 0) is 16.6 Å². The highest BCUT2D eigenvalue weighted by Gasteiger charge is 2.20. The van der Waals surface area contributed by atoms with Gasteiger partial charge in [-0.05, 0) is 37.8 Å². The average molecular weight is 521 g/mol. The predicted octanol–water partition coefficient (Wildman–Crippen LogP) is 1.12. The van der Waals surface area contributed by atoms with Gasteiger partial charge in [-0.2, -0.15) is 0 Å². The molecule has 0 amide bonds. The van der Waals surface area contributed by atoms with Gasteiger partial charge >= 0.3 is 0 Å². The molecule has 0 bridgehead atoms. The van der Waals surface area contributed by atoms with E-state index >= 15 is 0 Å². The second kappa shape index (κ2) is 10.9. The Hall–Kier alpha value is -1.47. The zero-order chi connectivity index (χ0) is 19.1. The van der Waals surface area contributed by atoms with Crippen LogP contribution in [0.15, 0.2) is 29.4 Å². The number of nitrogens with zero attached hydrogens (tertiary/aromatic N) is 4. The SMILES string of the molecule is CCNC(=NCc1nnc2ccccn12)NCCS(=O)(=O)NCC1CCC1.I. The van der Waals surface area contributed by atoms with Gasteiger partial charge in [-0.3, -0.25) is 4.40 Å². The fourth-order valence-electron chi connectivity index (χ4n) is 2.81. The maximum absolute atomic E-state index is 12.1. The standard InChI is InChI=1S/C17H27N7O2S.HI/c1-2-18-17(19-9-11-27(25,26)21-12-14-6-5-7-14)20-13-16-23-22-15-8-3-4-10-24(15)16;/h3-4,8,10,14,21H,2,5-7,9,11-13H2,1H3,(H2,18,19,20);1H. The van der Waals surface area contributed by atoms with Crippen molar-refractivity contribution in [2.45, 2.75) is 32.7 Å². The summed E-state index contributed by atoms with van der Waals surface area (Å²) in [5.41, 5.74) is 0.768. The molecule has 0 aliphatic heterocycles. The number of rotatable bonds is 9. The molecule has 0 atom stereocenters. The number of sulfonamides is 1. The van der Waals surface area contributed by atoms with Gasteiger partial charge in [0.1, 0.15) is 6.54 Å². The molecular weight excluding hydrogens is 493 g/mol. The Labute approximate surface area is 182 Å². The van der Waals surface area contributed by atoms with Gasteiger partial charge in [0, 0.05) is 25.8 Å². The Morgan fingerprint density at radius 1 is 1.29 bits per heavy atom. The first kappa shape index (κ1) is 22.8. The summed E-state index contributed by atoms with van der Waals surface area (Å²) in [4.78, 5) is 4.48. The maximum Gasteiger partial charge on any atom is 0.213 e. The monoisotopic (exact) mass is 521 g/mol. The molecule has 2 aromatic heterocycles. The van der Waals surface area contributed by atoms with Gasteiger partial charge in [0.2, 0.25) is 10.0 Å². The van der Waals surface area contributed by atoms with Crippen molar-refractivity contribution in [2.24, 2.45) is 10.9 Å². The van der Waals surface area contributed by atoms with Crippen molar-refractivity contribution in [1.82, 2.24) is 30.0 Å². The summed E-state index contributed by atoms with van der Waals surface area (Å²) in [5.74, 6) is 1.79. The summed E-state index contributed by atoms with van der Waals surface area (Å²) >= 11 is 0. The normalized spacial score (nSPS) is 15.1. The minimum atomic E-state index is -3.27. The molecule has 0 aromatic carbocycles. The van der Waals surface area contributed by atoms with E-state index in [0.717, 1.165) is 24.3 Å². The van der Waals surface area contributed by atoms with Crippen LogP contribution in [0.4, 0.5) is 0 Å². The molecule has 11 heteroatoms. The van der Waals surface area contributed by atoms with Crippen molar-refractivity contribution in [1.29, 1.82) is 0 Å². The first-order valence-corrected chi connectivity index (χ1v) is 11.0. The van der Waals surface area contributed by atoms with Crippen molar-refractivity contribution in [3.63, 3.8) is 0 Å². The summed E-state index contributed by atoms with van der Waals surface area (Å²) in [7, 11) is -3.27. The van der Waals surface area contributed by atoms with Crippen LogP contribution < -0.4 is 15.4 Å². The molecule has 0 unspecified atom stereocenters. The van der Waals surface area contributed by atoms with Crippen molar-refractivity contribution in [3.8, 4) is 0 Å². The van der Waals surface area contributed by atoms with Crippen LogP contribution in [0.2, 0.25) is 0 Å². The lowest BCUT2D eigenvalue weighted by Crippen LogP contribution is -2.42. The molecule has 0 spiro atoms. The van der Waals surface area contributed by atoms with Gasteiger partial charge in [-0.1, -0.05) is 12.5 Å². The highest BCUT2D eigenvalue weighted by Crippen LogP contribution is 2.25. The smallest absolute Gasteiger partial charge is 0.213 e. The number of guanidine groups is 1. The van der Waals surface area contributed by atoms with Crippen molar-refractivity contribution in [3.05, 3.63) is 30.2 Å². The molecule has 2 heterocycles. The number of aromatic nitrogens is 3. The van der Waals surface area contributed by atoms with E-state index in [1.54, 1.807) is 0 Å². The molecule has 2 aromatic rings. The zero-order valence-electron chi connectivity index (χ0n) is 16.0. The largest absolute Gasteiger partial charge is 0.357 e. The lowest BCUT2D eigenvalue weighted by Gasteiger charge is -2.25. The predicted molar refractivity (Wildman–Crippen MR) is 120 cm³/mol. The number of nitrogens with one attached hydrogen (secondary N) is 3. The highest BCUT2D eigenvalue weighted by atomic mass is 127. The number of halogens is 1.